The van der Waals surface area contributed by atoms with E-state index in [0.717, 1.165) is 16.5 Å². The average molecular weight is 344 g/mol. The first-order valence-corrected chi connectivity index (χ1v) is 8.20. The number of benzene rings is 1. The summed E-state index contributed by atoms with van der Waals surface area (Å²) in [6.07, 6.45) is 1.70. The Labute approximate surface area is 149 Å². The Kier molecular flexibility index (Phi) is 3.73. The van der Waals surface area contributed by atoms with Crippen molar-refractivity contribution in [2.75, 3.05) is 5.32 Å². The topological polar surface area (TPSA) is 76.4 Å². The van der Waals surface area contributed by atoms with Crippen molar-refractivity contribution in [3.8, 4) is 0 Å². The van der Waals surface area contributed by atoms with Crippen LogP contribution in [-0.2, 0) is 0 Å². The number of amides is 1. The molecule has 0 unspecified atom stereocenters. The number of rotatable bonds is 2. The summed E-state index contributed by atoms with van der Waals surface area (Å²) in [4.78, 5) is 34.2. The lowest BCUT2D eigenvalue weighted by molar-refractivity contribution is 0.102. The molecule has 3 heterocycles. The smallest absolute Gasteiger partial charge is 0.281 e. The van der Waals surface area contributed by atoms with Crippen LogP contribution in [0.15, 0.2) is 59.5 Å². The minimum atomic E-state index is -0.439. The summed E-state index contributed by atoms with van der Waals surface area (Å²) in [7, 11) is 0. The molecule has 1 aromatic carbocycles. The minimum Gasteiger partial charge on any atom is -0.314 e. The van der Waals surface area contributed by atoms with E-state index in [-0.39, 0.29) is 16.9 Å². The first-order valence-electron chi connectivity index (χ1n) is 8.20. The number of carbonyl (C=O) groups is 1. The summed E-state index contributed by atoms with van der Waals surface area (Å²) >= 11 is 0. The third-order valence-electron chi connectivity index (χ3n) is 4.22. The lowest BCUT2D eigenvalue weighted by Crippen LogP contribution is -2.25. The van der Waals surface area contributed by atoms with E-state index in [9.17, 15) is 9.59 Å². The number of nitrogens with one attached hydrogen (secondary N) is 1. The van der Waals surface area contributed by atoms with E-state index in [1.54, 1.807) is 25.3 Å². The van der Waals surface area contributed by atoms with Gasteiger partial charge in [-0.3, -0.25) is 14.0 Å². The van der Waals surface area contributed by atoms with Crippen LogP contribution in [0.1, 0.15) is 21.7 Å². The van der Waals surface area contributed by atoms with Crippen molar-refractivity contribution < 1.29 is 4.79 Å². The van der Waals surface area contributed by atoms with E-state index >= 15 is 0 Å². The maximum atomic E-state index is 12.8. The van der Waals surface area contributed by atoms with Crippen LogP contribution in [0, 0.1) is 13.8 Å². The Hall–Kier alpha value is -3.54. The van der Waals surface area contributed by atoms with E-state index in [0.29, 0.717) is 11.3 Å². The second kappa shape index (κ2) is 6.07. The number of hydrogen-bond donors (Lipinski definition) is 1. The molecule has 0 atom stereocenters. The van der Waals surface area contributed by atoms with E-state index < -0.39 is 5.91 Å². The number of anilines is 1. The minimum absolute atomic E-state index is 0.160. The third-order valence-corrected chi connectivity index (χ3v) is 4.22. The number of aromatic nitrogens is 3. The van der Waals surface area contributed by atoms with Crippen LogP contribution in [-0.4, -0.2) is 20.3 Å². The molecule has 4 rings (SSSR count). The van der Waals surface area contributed by atoms with Gasteiger partial charge >= 0.3 is 0 Å². The lowest BCUT2D eigenvalue weighted by Gasteiger charge is -2.10. The van der Waals surface area contributed by atoms with Crippen molar-refractivity contribution in [2.24, 2.45) is 0 Å². The standard InChI is InChI=1S/C20H16N4O2/c1-12-7-10-17-21-13(2)18(20(26)24(17)11-12)23-19(25)16-9-8-14-5-3-4-6-15(14)22-16/h3-11H,1-2H3,(H,23,25). The van der Waals surface area contributed by atoms with Crippen LogP contribution >= 0.6 is 0 Å². The van der Waals surface area contributed by atoms with Crippen LogP contribution < -0.4 is 10.9 Å². The largest absolute Gasteiger partial charge is 0.314 e. The van der Waals surface area contributed by atoms with Gasteiger partial charge in [-0.2, -0.15) is 0 Å². The molecule has 0 fully saturated rings. The summed E-state index contributed by atoms with van der Waals surface area (Å²) < 4.78 is 1.44. The lowest BCUT2D eigenvalue weighted by atomic mass is 10.2. The van der Waals surface area contributed by atoms with Crippen LogP contribution in [0.5, 0.6) is 0 Å². The molecule has 0 spiro atoms. The normalized spacial score (nSPS) is 11.0. The van der Waals surface area contributed by atoms with Gasteiger partial charge in [-0.1, -0.05) is 30.3 Å². The Morgan fingerprint density at radius 1 is 1.00 bits per heavy atom. The van der Waals surface area contributed by atoms with Crippen molar-refractivity contribution in [2.45, 2.75) is 13.8 Å². The number of pyridine rings is 2. The van der Waals surface area contributed by atoms with E-state index in [2.05, 4.69) is 15.3 Å². The first-order chi connectivity index (χ1) is 12.5. The Morgan fingerprint density at radius 3 is 2.65 bits per heavy atom. The van der Waals surface area contributed by atoms with Gasteiger partial charge in [0.1, 0.15) is 17.0 Å². The van der Waals surface area contributed by atoms with E-state index in [1.165, 1.54) is 4.40 Å². The molecule has 6 heteroatoms. The quantitative estimate of drug-likeness (QED) is 0.606. The van der Waals surface area contributed by atoms with Gasteiger partial charge in [-0.05, 0) is 37.6 Å². The summed E-state index contributed by atoms with van der Waals surface area (Å²) in [5.41, 5.74) is 2.75. The Bertz CT molecular complexity index is 1230. The highest BCUT2D eigenvalue weighted by molar-refractivity contribution is 6.04. The van der Waals surface area contributed by atoms with Crippen LogP contribution in [0.2, 0.25) is 0 Å². The molecule has 0 saturated heterocycles. The molecule has 0 bridgehead atoms. The second-order valence-corrected chi connectivity index (χ2v) is 6.16. The number of fused-ring (bicyclic) bond motifs is 2. The molecule has 0 saturated carbocycles. The van der Waals surface area contributed by atoms with Gasteiger partial charge in [-0.15, -0.1) is 0 Å². The van der Waals surface area contributed by atoms with Crippen molar-refractivity contribution >= 4 is 28.1 Å². The summed E-state index contributed by atoms with van der Waals surface area (Å²) in [6, 6.07) is 14.7. The van der Waals surface area contributed by atoms with Crippen molar-refractivity contribution in [1.82, 2.24) is 14.4 Å². The average Bonchev–Trinajstić information content (AvgIpc) is 2.65. The third kappa shape index (κ3) is 2.71. The number of aryl methyl sites for hydroxylation is 2. The molecular weight excluding hydrogens is 328 g/mol. The van der Waals surface area contributed by atoms with Gasteiger partial charge in [0.25, 0.3) is 11.5 Å². The number of para-hydroxylation sites is 1. The van der Waals surface area contributed by atoms with Crippen molar-refractivity contribution in [1.29, 1.82) is 0 Å². The van der Waals surface area contributed by atoms with Gasteiger partial charge < -0.3 is 5.32 Å². The molecule has 0 radical (unpaired) electrons. The molecule has 1 N–H and O–H groups in total. The monoisotopic (exact) mass is 344 g/mol. The number of carbonyl (C=O) groups excluding carboxylic acids is 1. The SMILES string of the molecule is Cc1ccc2nc(C)c(NC(=O)c3ccc4ccccc4n3)c(=O)n2c1. The second-order valence-electron chi connectivity index (χ2n) is 6.16. The Morgan fingerprint density at radius 2 is 1.81 bits per heavy atom. The van der Waals surface area contributed by atoms with Gasteiger partial charge in [0, 0.05) is 11.6 Å². The first kappa shape index (κ1) is 16.0. The van der Waals surface area contributed by atoms with Gasteiger partial charge in [0.15, 0.2) is 0 Å². The van der Waals surface area contributed by atoms with Crippen molar-refractivity contribution in [3.05, 3.63) is 82.0 Å². The Balaban J connectivity index is 1.76. The fraction of sp³-hybridized carbons (Fsp3) is 0.100. The van der Waals surface area contributed by atoms with Crippen LogP contribution in [0.25, 0.3) is 16.6 Å². The molecule has 0 aliphatic carbocycles. The van der Waals surface area contributed by atoms with Crippen molar-refractivity contribution in [3.63, 3.8) is 0 Å². The molecule has 0 aliphatic rings. The molecule has 0 aliphatic heterocycles. The molecular formula is C20H16N4O2. The fourth-order valence-electron chi connectivity index (χ4n) is 2.87. The van der Waals surface area contributed by atoms with Gasteiger partial charge in [-0.25, -0.2) is 9.97 Å². The summed E-state index contributed by atoms with van der Waals surface area (Å²) in [5, 5.41) is 3.62. The maximum absolute atomic E-state index is 12.8. The highest BCUT2D eigenvalue weighted by Crippen LogP contribution is 2.14. The highest BCUT2D eigenvalue weighted by atomic mass is 16.2. The van der Waals surface area contributed by atoms with Crippen LogP contribution in [0.3, 0.4) is 0 Å². The zero-order chi connectivity index (χ0) is 18.3. The van der Waals surface area contributed by atoms with Gasteiger partial charge in [0.2, 0.25) is 0 Å². The number of hydrogen-bond acceptors (Lipinski definition) is 4. The van der Waals surface area contributed by atoms with Crippen LogP contribution in [0.4, 0.5) is 5.69 Å². The molecule has 6 nitrogen and oxygen atoms in total. The van der Waals surface area contributed by atoms with E-state index in [4.69, 9.17) is 0 Å². The zero-order valence-corrected chi connectivity index (χ0v) is 14.4. The number of nitrogens with zero attached hydrogens (tertiary/aromatic N) is 3. The summed E-state index contributed by atoms with van der Waals surface area (Å²) in [5.74, 6) is -0.439. The molecule has 4 aromatic rings. The predicted molar refractivity (Wildman–Crippen MR) is 101 cm³/mol. The maximum Gasteiger partial charge on any atom is 0.281 e. The highest BCUT2D eigenvalue weighted by Gasteiger charge is 2.15. The molecule has 1 amide bonds. The van der Waals surface area contributed by atoms with E-state index in [1.807, 2.05) is 43.3 Å². The molecule has 26 heavy (non-hydrogen) atoms. The predicted octanol–water partition coefficient (Wildman–Crippen LogP) is 3.11. The molecule has 3 aromatic heterocycles. The zero-order valence-electron chi connectivity index (χ0n) is 14.4. The fourth-order valence-corrected chi connectivity index (χ4v) is 2.87. The van der Waals surface area contributed by atoms with Gasteiger partial charge in [0.05, 0.1) is 11.2 Å². The summed E-state index contributed by atoms with van der Waals surface area (Å²) in [6.45, 7) is 3.59. The molecule has 128 valence electrons.